The fourth-order valence-electron chi connectivity index (χ4n) is 1.45. The quantitative estimate of drug-likeness (QED) is 0.801. The second kappa shape index (κ2) is 4.63. The monoisotopic (exact) mass is 314 g/mol. The predicted molar refractivity (Wildman–Crippen MR) is 71.5 cm³/mol. The Labute approximate surface area is 112 Å². The molecule has 0 saturated heterocycles. The SMILES string of the molecule is Cc1nc(-c2ccc(Br)c(Cl)c2F)ccc1N. The minimum Gasteiger partial charge on any atom is -0.397 e. The molecule has 0 radical (unpaired) electrons. The number of hydrogen-bond acceptors (Lipinski definition) is 2. The van der Waals surface area contributed by atoms with E-state index < -0.39 is 5.82 Å². The summed E-state index contributed by atoms with van der Waals surface area (Å²) in [5.41, 5.74) is 7.80. The van der Waals surface area contributed by atoms with Crippen molar-refractivity contribution in [3.8, 4) is 11.3 Å². The average molecular weight is 316 g/mol. The van der Waals surface area contributed by atoms with Crippen LogP contribution in [0.15, 0.2) is 28.7 Å². The van der Waals surface area contributed by atoms with E-state index in [0.717, 1.165) is 0 Å². The standard InChI is InChI=1S/C12H9BrClFN2/c1-6-9(16)4-5-10(17-6)7-2-3-8(13)11(14)12(7)15/h2-5H,16H2,1H3. The Kier molecular flexibility index (Phi) is 3.35. The Morgan fingerprint density at radius 2 is 2.00 bits per heavy atom. The third-order valence-electron chi connectivity index (χ3n) is 2.44. The van der Waals surface area contributed by atoms with E-state index in [2.05, 4.69) is 20.9 Å². The Hall–Kier alpha value is -1.13. The van der Waals surface area contributed by atoms with Crippen LogP contribution in [-0.2, 0) is 0 Å². The van der Waals surface area contributed by atoms with E-state index in [0.29, 0.717) is 27.1 Å². The van der Waals surface area contributed by atoms with Crippen molar-refractivity contribution in [1.29, 1.82) is 0 Å². The highest BCUT2D eigenvalue weighted by Crippen LogP contribution is 2.32. The first-order valence-electron chi connectivity index (χ1n) is 4.87. The van der Waals surface area contributed by atoms with Crippen LogP contribution in [0.2, 0.25) is 5.02 Å². The molecule has 1 aromatic heterocycles. The minimum atomic E-state index is -0.488. The molecule has 17 heavy (non-hydrogen) atoms. The molecule has 0 fully saturated rings. The molecule has 2 N–H and O–H groups in total. The summed E-state index contributed by atoms with van der Waals surface area (Å²) in [4.78, 5) is 4.24. The first-order chi connectivity index (χ1) is 8.00. The van der Waals surface area contributed by atoms with Crippen LogP contribution >= 0.6 is 27.5 Å². The van der Waals surface area contributed by atoms with E-state index in [1.54, 1.807) is 31.2 Å². The number of aromatic nitrogens is 1. The first kappa shape index (κ1) is 12.3. The molecule has 5 heteroatoms. The number of hydrogen-bond donors (Lipinski definition) is 1. The molecule has 2 aromatic rings. The summed E-state index contributed by atoms with van der Waals surface area (Å²) < 4.78 is 14.5. The third kappa shape index (κ3) is 2.28. The average Bonchev–Trinajstić information content (AvgIpc) is 2.30. The number of rotatable bonds is 1. The van der Waals surface area contributed by atoms with Crippen molar-refractivity contribution >= 4 is 33.2 Å². The Morgan fingerprint density at radius 3 is 2.65 bits per heavy atom. The van der Waals surface area contributed by atoms with Crippen LogP contribution in [0.4, 0.5) is 10.1 Å². The van der Waals surface area contributed by atoms with Crippen molar-refractivity contribution in [2.45, 2.75) is 6.92 Å². The van der Waals surface area contributed by atoms with Crippen molar-refractivity contribution in [2.75, 3.05) is 5.73 Å². The predicted octanol–water partition coefficient (Wildman–Crippen LogP) is 4.19. The Bertz CT molecular complexity index is 587. The zero-order valence-corrected chi connectivity index (χ0v) is 11.3. The summed E-state index contributed by atoms with van der Waals surface area (Å²) in [6, 6.07) is 6.69. The van der Waals surface area contributed by atoms with Gasteiger partial charge in [-0.15, -0.1) is 0 Å². The van der Waals surface area contributed by atoms with Crippen LogP contribution in [0.25, 0.3) is 11.3 Å². The lowest BCUT2D eigenvalue weighted by molar-refractivity contribution is 0.630. The maximum absolute atomic E-state index is 13.9. The summed E-state index contributed by atoms with van der Waals surface area (Å²) in [6.45, 7) is 1.78. The van der Waals surface area contributed by atoms with Crippen molar-refractivity contribution in [3.05, 3.63) is 45.3 Å². The van der Waals surface area contributed by atoms with Gasteiger partial charge in [-0.3, -0.25) is 4.98 Å². The highest BCUT2D eigenvalue weighted by Gasteiger charge is 2.13. The highest BCUT2D eigenvalue weighted by atomic mass is 79.9. The zero-order chi connectivity index (χ0) is 12.6. The molecule has 1 aromatic carbocycles. The number of benzene rings is 1. The van der Waals surface area contributed by atoms with Gasteiger partial charge in [-0.05, 0) is 47.1 Å². The van der Waals surface area contributed by atoms with E-state index in [-0.39, 0.29) is 5.02 Å². The van der Waals surface area contributed by atoms with Gasteiger partial charge in [-0.1, -0.05) is 11.6 Å². The van der Waals surface area contributed by atoms with Gasteiger partial charge >= 0.3 is 0 Å². The molecule has 0 saturated carbocycles. The largest absolute Gasteiger partial charge is 0.397 e. The molecule has 88 valence electrons. The van der Waals surface area contributed by atoms with Gasteiger partial charge in [0.05, 0.1) is 22.1 Å². The smallest absolute Gasteiger partial charge is 0.152 e. The topological polar surface area (TPSA) is 38.9 Å². The molecule has 0 bridgehead atoms. The van der Waals surface area contributed by atoms with Crippen molar-refractivity contribution in [2.24, 2.45) is 0 Å². The molecule has 0 atom stereocenters. The lowest BCUT2D eigenvalue weighted by Crippen LogP contribution is -1.96. The fourth-order valence-corrected chi connectivity index (χ4v) is 1.92. The summed E-state index contributed by atoms with van der Waals surface area (Å²) in [5, 5.41) is 0.0544. The third-order valence-corrected chi connectivity index (χ3v) is 3.70. The van der Waals surface area contributed by atoms with Gasteiger partial charge in [0.2, 0.25) is 0 Å². The van der Waals surface area contributed by atoms with Crippen molar-refractivity contribution in [1.82, 2.24) is 4.98 Å². The molecule has 0 unspecified atom stereocenters. The van der Waals surface area contributed by atoms with Crippen molar-refractivity contribution in [3.63, 3.8) is 0 Å². The number of halogens is 3. The number of aryl methyl sites for hydroxylation is 1. The number of anilines is 1. The maximum atomic E-state index is 13.9. The second-order valence-corrected chi connectivity index (χ2v) is 4.83. The van der Waals surface area contributed by atoms with Crippen molar-refractivity contribution < 1.29 is 4.39 Å². The van der Waals surface area contributed by atoms with Gasteiger partial charge in [0.15, 0.2) is 5.82 Å². The van der Waals surface area contributed by atoms with E-state index in [4.69, 9.17) is 17.3 Å². The fraction of sp³-hybridized carbons (Fsp3) is 0.0833. The molecular weight excluding hydrogens is 307 g/mol. The molecule has 2 nitrogen and oxygen atoms in total. The summed E-state index contributed by atoms with van der Waals surface area (Å²) in [6.07, 6.45) is 0. The number of nitrogens with two attached hydrogens (primary N) is 1. The van der Waals surface area contributed by atoms with Gasteiger partial charge < -0.3 is 5.73 Å². The number of pyridine rings is 1. The van der Waals surface area contributed by atoms with Crippen LogP contribution in [0, 0.1) is 12.7 Å². The van der Waals surface area contributed by atoms with Crippen LogP contribution < -0.4 is 5.73 Å². The molecule has 1 heterocycles. The highest BCUT2D eigenvalue weighted by molar-refractivity contribution is 9.10. The normalized spacial score (nSPS) is 10.6. The molecule has 0 amide bonds. The second-order valence-electron chi connectivity index (χ2n) is 3.59. The zero-order valence-electron chi connectivity index (χ0n) is 8.97. The molecule has 2 rings (SSSR count). The van der Waals surface area contributed by atoms with Crippen LogP contribution in [0.3, 0.4) is 0 Å². The van der Waals surface area contributed by atoms with Gasteiger partial charge in [0.25, 0.3) is 0 Å². The van der Waals surface area contributed by atoms with Crippen LogP contribution in [-0.4, -0.2) is 4.98 Å². The van der Waals surface area contributed by atoms with E-state index in [9.17, 15) is 4.39 Å². The molecule has 0 spiro atoms. The van der Waals surface area contributed by atoms with Gasteiger partial charge in [-0.25, -0.2) is 4.39 Å². The van der Waals surface area contributed by atoms with Gasteiger partial charge in [0.1, 0.15) is 0 Å². The summed E-state index contributed by atoms with van der Waals surface area (Å²) in [7, 11) is 0. The van der Waals surface area contributed by atoms with E-state index in [1.165, 1.54) is 0 Å². The summed E-state index contributed by atoms with van der Waals surface area (Å²) >= 11 is 9.00. The molecule has 0 aliphatic heterocycles. The maximum Gasteiger partial charge on any atom is 0.152 e. The molecular formula is C12H9BrClFN2. The van der Waals surface area contributed by atoms with E-state index in [1.807, 2.05) is 0 Å². The Morgan fingerprint density at radius 1 is 1.29 bits per heavy atom. The summed E-state index contributed by atoms with van der Waals surface area (Å²) in [5.74, 6) is -0.488. The molecule has 0 aliphatic rings. The minimum absolute atomic E-state index is 0.0544. The van der Waals surface area contributed by atoms with Gasteiger partial charge in [-0.2, -0.15) is 0 Å². The first-order valence-corrected chi connectivity index (χ1v) is 6.05. The van der Waals surface area contributed by atoms with Crippen LogP contribution in [0.1, 0.15) is 5.69 Å². The molecule has 0 aliphatic carbocycles. The number of nitrogens with zero attached hydrogens (tertiary/aromatic N) is 1. The lowest BCUT2D eigenvalue weighted by atomic mass is 10.1. The lowest BCUT2D eigenvalue weighted by Gasteiger charge is -2.07. The Balaban J connectivity index is 2.61. The van der Waals surface area contributed by atoms with Gasteiger partial charge in [0, 0.05) is 10.0 Å². The number of nitrogen functional groups attached to an aromatic ring is 1. The van der Waals surface area contributed by atoms with E-state index >= 15 is 0 Å². The van der Waals surface area contributed by atoms with Crippen LogP contribution in [0.5, 0.6) is 0 Å².